The number of hydrogen-bond donors (Lipinski definition) is 1. The van der Waals surface area contributed by atoms with Gasteiger partial charge in [-0.3, -0.25) is 0 Å². The van der Waals surface area contributed by atoms with Crippen molar-refractivity contribution < 1.29 is 8.78 Å². The Morgan fingerprint density at radius 1 is 1.25 bits per heavy atom. The molecule has 1 N–H and O–H groups in total. The lowest BCUT2D eigenvalue weighted by Crippen LogP contribution is -2.05. The maximum atomic E-state index is 13.8. The third kappa shape index (κ3) is 3.09. The molecule has 0 saturated carbocycles. The molecular weight excluding hydrogens is 350 g/mol. The largest absolute Gasteiger partial charge is 0.380 e. The van der Waals surface area contributed by atoms with E-state index < -0.39 is 11.6 Å². The molecule has 0 aliphatic carbocycles. The van der Waals surface area contributed by atoms with Crippen molar-refractivity contribution >= 4 is 33.2 Å². The van der Waals surface area contributed by atoms with Gasteiger partial charge in [0.05, 0.1) is 26.8 Å². The Kier molecular flexibility index (Phi) is 4.58. The molecule has 0 atom stereocenters. The summed E-state index contributed by atoms with van der Waals surface area (Å²) in [5.41, 5.74) is 0.759. The van der Waals surface area contributed by atoms with Crippen LogP contribution in [0.2, 0.25) is 5.02 Å². The SMILES string of the molecule is N#Cc1ccc(Cl)c(NCc2c(F)ccc(Br)c2F)c1. The van der Waals surface area contributed by atoms with E-state index in [0.717, 1.165) is 0 Å². The average Bonchev–Trinajstić information content (AvgIpc) is 2.45. The number of nitriles is 1. The lowest BCUT2D eigenvalue weighted by molar-refractivity contribution is 0.555. The van der Waals surface area contributed by atoms with Crippen LogP contribution in [0.3, 0.4) is 0 Å². The van der Waals surface area contributed by atoms with Crippen LogP contribution < -0.4 is 5.32 Å². The van der Waals surface area contributed by atoms with Gasteiger partial charge in [-0.25, -0.2) is 8.78 Å². The normalized spacial score (nSPS) is 10.2. The van der Waals surface area contributed by atoms with Crippen molar-refractivity contribution in [3.63, 3.8) is 0 Å². The maximum absolute atomic E-state index is 13.8. The van der Waals surface area contributed by atoms with E-state index in [1.54, 1.807) is 12.1 Å². The van der Waals surface area contributed by atoms with Crippen molar-refractivity contribution in [2.75, 3.05) is 5.32 Å². The average molecular weight is 358 g/mol. The molecule has 2 nitrogen and oxygen atoms in total. The molecular formula is C14H8BrClF2N2. The molecule has 0 amide bonds. The van der Waals surface area contributed by atoms with Crippen molar-refractivity contribution in [3.05, 3.63) is 62.6 Å². The summed E-state index contributed by atoms with van der Waals surface area (Å²) < 4.78 is 27.6. The third-order valence-electron chi connectivity index (χ3n) is 2.69. The van der Waals surface area contributed by atoms with Crippen LogP contribution >= 0.6 is 27.5 Å². The van der Waals surface area contributed by atoms with Crippen LogP contribution in [0.25, 0.3) is 0 Å². The van der Waals surface area contributed by atoms with Gasteiger partial charge >= 0.3 is 0 Å². The topological polar surface area (TPSA) is 35.8 Å². The Hall–Kier alpha value is -1.64. The van der Waals surface area contributed by atoms with Gasteiger partial charge in [0.15, 0.2) is 0 Å². The van der Waals surface area contributed by atoms with E-state index in [2.05, 4.69) is 21.2 Å². The highest BCUT2D eigenvalue weighted by atomic mass is 79.9. The van der Waals surface area contributed by atoms with Gasteiger partial charge in [-0.2, -0.15) is 5.26 Å². The number of hydrogen-bond acceptors (Lipinski definition) is 2. The van der Waals surface area contributed by atoms with Gasteiger partial charge in [0, 0.05) is 12.1 Å². The molecule has 0 heterocycles. The summed E-state index contributed by atoms with van der Waals surface area (Å²) in [5, 5.41) is 12.0. The number of benzene rings is 2. The second-order valence-corrected chi connectivity index (χ2v) is 5.24. The fraction of sp³-hybridized carbons (Fsp3) is 0.0714. The number of nitrogens with zero attached hydrogens (tertiary/aromatic N) is 1. The molecule has 0 aromatic heterocycles. The quantitative estimate of drug-likeness (QED) is 0.796. The molecule has 2 aromatic rings. The molecule has 2 rings (SSSR count). The second-order valence-electron chi connectivity index (χ2n) is 3.98. The predicted molar refractivity (Wildman–Crippen MR) is 77.6 cm³/mol. The first-order valence-electron chi connectivity index (χ1n) is 5.59. The molecule has 0 fully saturated rings. The van der Waals surface area contributed by atoms with Crippen LogP contribution in [0.1, 0.15) is 11.1 Å². The summed E-state index contributed by atoms with van der Waals surface area (Å²) in [6.45, 7) is -0.0777. The Morgan fingerprint density at radius 2 is 2.00 bits per heavy atom. The molecule has 0 bridgehead atoms. The van der Waals surface area contributed by atoms with Crippen LogP contribution in [0, 0.1) is 23.0 Å². The zero-order valence-corrected chi connectivity index (χ0v) is 12.4. The summed E-state index contributed by atoms with van der Waals surface area (Å²) in [7, 11) is 0. The Balaban J connectivity index is 2.26. The molecule has 0 aliphatic heterocycles. The molecule has 2 aromatic carbocycles. The molecule has 0 aliphatic rings. The Morgan fingerprint density at radius 3 is 2.70 bits per heavy atom. The summed E-state index contributed by atoms with van der Waals surface area (Å²) in [6.07, 6.45) is 0. The van der Waals surface area contributed by atoms with Crippen LogP contribution in [-0.2, 0) is 6.54 Å². The van der Waals surface area contributed by atoms with Gasteiger partial charge in [0.25, 0.3) is 0 Å². The highest BCUT2D eigenvalue weighted by molar-refractivity contribution is 9.10. The monoisotopic (exact) mass is 356 g/mol. The van der Waals surface area contributed by atoms with Gasteiger partial charge in [0.2, 0.25) is 0 Å². The first-order valence-corrected chi connectivity index (χ1v) is 6.76. The van der Waals surface area contributed by atoms with Crippen LogP contribution in [0.4, 0.5) is 14.5 Å². The summed E-state index contributed by atoms with van der Waals surface area (Å²) in [5.74, 6) is -1.31. The van der Waals surface area contributed by atoms with Crippen molar-refractivity contribution in [3.8, 4) is 6.07 Å². The van der Waals surface area contributed by atoms with Gasteiger partial charge in [-0.05, 0) is 46.3 Å². The third-order valence-corrected chi connectivity index (χ3v) is 3.63. The fourth-order valence-corrected chi connectivity index (χ4v) is 2.20. The molecule has 20 heavy (non-hydrogen) atoms. The van der Waals surface area contributed by atoms with E-state index in [-0.39, 0.29) is 16.6 Å². The summed E-state index contributed by atoms with van der Waals surface area (Å²) >= 11 is 8.97. The smallest absolute Gasteiger partial charge is 0.145 e. The molecule has 0 saturated heterocycles. The van der Waals surface area contributed by atoms with E-state index in [9.17, 15) is 8.78 Å². The van der Waals surface area contributed by atoms with Gasteiger partial charge < -0.3 is 5.32 Å². The lowest BCUT2D eigenvalue weighted by Gasteiger charge is -2.11. The van der Waals surface area contributed by atoms with Crippen LogP contribution in [0.15, 0.2) is 34.8 Å². The number of anilines is 1. The first kappa shape index (κ1) is 14.8. The van der Waals surface area contributed by atoms with Crippen LogP contribution in [-0.4, -0.2) is 0 Å². The minimum Gasteiger partial charge on any atom is -0.380 e. The summed E-state index contributed by atoms with van der Waals surface area (Å²) in [4.78, 5) is 0. The maximum Gasteiger partial charge on any atom is 0.145 e. The molecule has 0 spiro atoms. The standard InChI is InChI=1S/C14H8BrClF2N2/c15-10-2-4-12(17)9(14(10)18)7-20-13-5-8(6-19)1-3-11(13)16/h1-5,20H,7H2. The van der Waals surface area contributed by atoms with Gasteiger partial charge in [-0.1, -0.05) is 11.6 Å². The zero-order valence-electron chi connectivity index (χ0n) is 10.1. The lowest BCUT2D eigenvalue weighted by atomic mass is 10.1. The van der Waals surface area contributed by atoms with Crippen molar-refractivity contribution in [1.82, 2.24) is 0 Å². The zero-order chi connectivity index (χ0) is 14.7. The Labute approximate surface area is 128 Å². The van der Waals surface area contributed by atoms with Crippen molar-refractivity contribution in [2.24, 2.45) is 0 Å². The summed E-state index contributed by atoms with van der Waals surface area (Å²) in [6, 6.07) is 9.09. The van der Waals surface area contributed by atoms with Crippen molar-refractivity contribution in [2.45, 2.75) is 6.54 Å². The Bertz CT molecular complexity index is 698. The van der Waals surface area contributed by atoms with E-state index in [1.165, 1.54) is 18.2 Å². The predicted octanol–water partition coefficient (Wildman–Crippen LogP) is 4.86. The minimum atomic E-state index is -0.662. The van der Waals surface area contributed by atoms with Crippen LogP contribution in [0.5, 0.6) is 0 Å². The fourth-order valence-electron chi connectivity index (χ4n) is 1.65. The molecule has 0 radical (unpaired) electrons. The highest BCUT2D eigenvalue weighted by Gasteiger charge is 2.12. The van der Waals surface area contributed by atoms with Crippen molar-refractivity contribution in [1.29, 1.82) is 5.26 Å². The minimum absolute atomic E-state index is 0.0777. The first-order chi connectivity index (χ1) is 9.52. The molecule has 102 valence electrons. The van der Waals surface area contributed by atoms with Gasteiger partial charge in [0.1, 0.15) is 11.6 Å². The number of rotatable bonds is 3. The highest BCUT2D eigenvalue weighted by Crippen LogP contribution is 2.26. The van der Waals surface area contributed by atoms with E-state index in [1.807, 2.05) is 6.07 Å². The molecule has 0 unspecified atom stereocenters. The van der Waals surface area contributed by atoms with E-state index in [0.29, 0.717) is 16.3 Å². The number of halogens is 4. The second kappa shape index (κ2) is 6.21. The van der Waals surface area contributed by atoms with E-state index in [4.69, 9.17) is 16.9 Å². The van der Waals surface area contributed by atoms with E-state index >= 15 is 0 Å². The number of nitrogens with one attached hydrogen (secondary N) is 1. The van der Waals surface area contributed by atoms with Gasteiger partial charge in [-0.15, -0.1) is 0 Å². The molecule has 6 heteroatoms.